The van der Waals surface area contributed by atoms with Crippen LogP contribution in [-0.4, -0.2) is 18.0 Å². The van der Waals surface area contributed by atoms with Crippen molar-refractivity contribution in [3.05, 3.63) is 62.1 Å². The topological polar surface area (TPSA) is 78.7 Å². The van der Waals surface area contributed by atoms with E-state index in [2.05, 4.69) is 4.74 Å². The Hall–Kier alpha value is -2.31. The number of nitrogens with zero attached hydrogens (tertiary/aromatic N) is 1. The molecule has 2 aromatic rings. The molecule has 0 unspecified atom stereocenters. The zero-order chi connectivity index (χ0) is 16.3. The van der Waals surface area contributed by atoms with Gasteiger partial charge in [0.25, 0.3) is 5.69 Å². The average molecular weight is 342 g/mol. The van der Waals surface area contributed by atoms with Crippen LogP contribution in [0.4, 0.5) is 5.69 Å². The Morgan fingerprint density at radius 1 is 1.18 bits per heavy atom. The lowest BCUT2D eigenvalue weighted by Gasteiger charge is -2.11. The second-order valence-corrected chi connectivity index (χ2v) is 4.92. The van der Waals surface area contributed by atoms with Crippen LogP contribution < -0.4 is 4.74 Å². The monoisotopic (exact) mass is 341 g/mol. The standard InChI is InChI=1S/C14H9Cl2NO5/c1-21-14(18)13-10(17(19)20)3-2-4-12(13)22-11-6-5-8(15)7-9(11)16/h2-7H,1H3. The largest absolute Gasteiger partial charge is 0.465 e. The highest BCUT2D eigenvalue weighted by atomic mass is 35.5. The van der Waals surface area contributed by atoms with Gasteiger partial charge in [0.05, 0.1) is 17.1 Å². The zero-order valence-electron chi connectivity index (χ0n) is 11.2. The summed E-state index contributed by atoms with van der Waals surface area (Å²) in [6.45, 7) is 0. The SMILES string of the molecule is COC(=O)c1c(Oc2ccc(Cl)cc2Cl)cccc1[N+](=O)[O-]. The third-order valence-electron chi connectivity index (χ3n) is 2.70. The van der Waals surface area contributed by atoms with Crippen LogP contribution in [0.2, 0.25) is 10.0 Å². The van der Waals surface area contributed by atoms with Gasteiger partial charge in [-0.05, 0) is 24.3 Å². The Kier molecular flexibility index (Phi) is 4.85. The normalized spacial score (nSPS) is 10.1. The van der Waals surface area contributed by atoms with Gasteiger partial charge < -0.3 is 9.47 Å². The van der Waals surface area contributed by atoms with Crippen LogP contribution in [0, 0.1) is 10.1 Å². The first kappa shape index (κ1) is 16.1. The van der Waals surface area contributed by atoms with Crippen LogP contribution in [0.15, 0.2) is 36.4 Å². The first-order valence-corrected chi connectivity index (χ1v) is 6.68. The van der Waals surface area contributed by atoms with Crippen molar-refractivity contribution in [2.24, 2.45) is 0 Å². The number of rotatable bonds is 4. The van der Waals surface area contributed by atoms with Crippen molar-refractivity contribution in [1.29, 1.82) is 0 Å². The maximum atomic E-state index is 11.8. The van der Waals surface area contributed by atoms with E-state index in [1.54, 1.807) is 0 Å². The smallest absolute Gasteiger partial charge is 0.348 e. The second-order valence-electron chi connectivity index (χ2n) is 4.08. The minimum absolute atomic E-state index is 0.0368. The lowest BCUT2D eigenvalue weighted by Crippen LogP contribution is -2.07. The Balaban J connectivity index is 2.53. The van der Waals surface area contributed by atoms with E-state index in [9.17, 15) is 14.9 Å². The molecule has 0 N–H and O–H groups in total. The highest BCUT2D eigenvalue weighted by molar-refractivity contribution is 6.35. The highest BCUT2D eigenvalue weighted by Gasteiger charge is 2.26. The zero-order valence-corrected chi connectivity index (χ0v) is 12.7. The van der Waals surface area contributed by atoms with Crippen molar-refractivity contribution in [2.45, 2.75) is 0 Å². The minimum Gasteiger partial charge on any atom is -0.465 e. The van der Waals surface area contributed by atoms with Crippen molar-refractivity contribution in [3.63, 3.8) is 0 Å². The van der Waals surface area contributed by atoms with Gasteiger partial charge in [0.15, 0.2) is 5.56 Å². The molecule has 2 rings (SSSR count). The molecule has 22 heavy (non-hydrogen) atoms. The Morgan fingerprint density at radius 3 is 2.50 bits per heavy atom. The van der Waals surface area contributed by atoms with Gasteiger partial charge in [-0.2, -0.15) is 0 Å². The van der Waals surface area contributed by atoms with E-state index < -0.39 is 16.6 Å². The molecular formula is C14H9Cl2NO5. The molecule has 0 aliphatic rings. The van der Waals surface area contributed by atoms with Crippen LogP contribution in [-0.2, 0) is 4.74 Å². The van der Waals surface area contributed by atoms with E-state index in [0.29, 0.717) is 5.02 Å². The summed E-state index contributed by atoms with van der Waals surface area (Å²) in [5.74, 6) is -0.714. The van der Waals surface area contributed by atoms with Gasteiger partial charge in [-0.25, -0.2) is 4.79 Å². The van der Waals surface area contributed by atoms with Crippen molar-refractivity contribution in [1.82, 2.24) is 0 Å². The number of hydrogen-bond acceptors (Lipinski definition) is 5. The number of ether oxygens (including phenoxy) is 2. The summed E-state index contributed by atoms with van der Waals surface area (Å²) in [5, 5.41) is 11.7. The number of nitro benzene ring substituents is 1. The fraction of sp³-hybridized carbons (Fsp3) is 0.0714. The van der Waals surface area contributed by atoms with Crippen LogP contribution in [0.5, 0.6) is 11.5 Å². The number of carbonyl (C=O) groups is 1. The molecule has 0 fully saturated rings. The Labute approximate surface area is 135 Å². The van der Waals surface area contributed by atoms with E-state index in [1.807, 2.05) is 0 Å². The maximum absolute atomic E-state index is 11.8. The lowest BCUT2D eigenvalue weighted by molar-refractivity contribution is -0.385. The van der Waals surface area contributed by atoms with Crippen molar-refractivity contribution in [2.75, 3.05) is 7.11 Å². The highest BCUT2D eigenvalue weighted by Crippen LogP contribution is 2.36. The summed E-state index contributed by atoms with van der Waals surface area (Å²) >= 11 is 11.8. The number of halogens is 2. The van der Waals surface area contributed by atoms with E-state index in [0.717, 1.165) is 7.11 Å². The molecule has 0 atom stereocenters. The summed E-state index contributed by atoms with van der Waals surface area (Å²) in [5.41, 5.74) is -0.713. The number of hydrogen-bond donors (Lipinski definition) is 0. The van der Waals surface area contributed by atoms with Gasteiger partial charge in [-0.1, -0.05) is 29.3 Å². The number of methoxy groups -OCH3 is 1. The maximum Gasteiger partial charge on any atom is 0.348 e. The first-order chi connectivity index (χ1) is 10.4. The van der Waals surface area contributed by atoms with E-state index >= 15 is 0 Å². The quantitative estimate of drug-likeness (QED) is 0.465. The fourth-order valence-electron chi connectivity index (χ4n) is 1.74. The fourth-order valence-corrected chi connectivity index (χ4v) is 2.19. The third kappa shape index (κ3) is 3.29. The minimum atomic E-state index is -0.882. The molecule has 0 heterocycles. The predicted octanol–water partition coefficient (Wildman–Crippen LogP) is 4.48. The first-order valence-electron chi connectivity index (χ1n) is 5.92. The van der Waals surface area contributed by atoms with E-state index in [4.69, 9.17) is 27.9 Å². The molecule has 0 radical (unpaired) electrons. The molecule has 0 aromatic heterocycles. The van der Waals surface area contributed by atoms with Crippen molar-refractivity contribution >= 4 is 34.9 Å². The van der Waals surface area contributed by atoms with Crippen molar-refractivity contribution < 1.29 is 19.2 Å². The van der Waals surface area contributed by atoms with E-state index in [-0.39, 0.29) is 22.1 Å². The number of carbonyl (C=O) groups excluding carboxylic acids is 1. The summed E-state index contributed by atoms with van der Waals surface area (Å²) in [6.07, 6.45) is 0. The molecule has 0 aliphatic carbocycles. The molecular weight excluding hydrogens is 333 g/mol. The van der Waals surface area contributed by atoms with Gasteiger partial charge >= 0.3 is 5.97 Å². The summed E-state index contributed by atoms with van der Waals surface area (Å²) < 4.78 is 10.1. The number of esters is 1. The third-order valence-corrected chi connectivity index (χ3v) is 3.23. The molecule has 0 amide bonds. The predicted molar refractivity (Wildman–Crippen MR) is 81.0 cm³/mol. The molecule has 2 aromatic carbocycles. The Morgan fingerprint density at radius 2 is 1.91 bits per heavy atom. The van der Waals surface area contributed by atoms with Gasteiger partial charge in [0.1, 0.15) is 11.5 Å². The van der Waals surface area contributed by atoms with Crippen LogP contribution >= 0.6 is 23.2 Å². The summed E-state index contributed by atoms with van der Waals surface area (Å²) in [6, 6.07) is 8.46. The molecule has 0 aliphatic heterocycles. The van der Waals surface area contributed by atoms with Crippen LogP contribution in [0.25, 0.3) is 0 Å². The summed E-state index contributed by atoms with van der Waals surface area (Å²) in [4.78, 5) is 22.2. The lowest BCUT2D eigenvalue weighted by atomic mass is 10.1. The second kappa shape index (κ2) is 6.64. The van der Waals surface area contributed by atoms with Crippen LogP contribution in [0.3, 0.4) is 0 Å². The van der Waals surface area contributed by atoms with Crippen molar-refractivity contribution in [3.8, 4) is 11.5 Å². The summed E-state index contributed by atoms with van der Waals surface area (Å²) in [7, 11) is 1.12. The number of benzene rings is 2. The average Bonchev–Trinajstić information content (AvgIpc) is 2.49. The molecule has 6 nitrogen and oxygen atoms in total. The van der Waals surface area contributed by atoms with Gasteiger partial charge in [0.2, 0.25) is 0 Å². The van der Waals surface area contributed by atoms with Gasteiger partial charge in [-0.15, -0.1) is 0 Å². The van der Waals surface area contributed by atoms with Gasteiger partial charge in [0, 0.05) is 11.1 Å². The number of nitro groups is 1. The molecule has 8 heteroatoms. The van der Waals surface area contributed by atoms with Crippen LogP contribution in [0.1, 0.15) is 10.4 Å². The molecule has 0 saturated heterocycles. The molecule has 0 spiro atoms. The molecule has 0 saturated carbocycles. The Bertz CT molecular complexity index is 748. The molecule has 114 valence electrons. The van der Waals surface area contributed by atoms with Gasteiger partial charge in [-0.3, -0.25) is 10.1 Å². The molecule has 0 bridgehead atoms. The van der Waals surface area contributed by atoms with E-state index in [1.165, 1.54) is 36.4 Å².